The van der Waals surface area contributed by atoms with Crippen LogP contribution in [0.4, 0.5) is 5.69 Å². The van der Waals surface area contributed by atoms with Crippen LogP contribution in [0.1, 0.15) is 11.4 Å². The fourth-order valence-electron chi connectivity index (χ4n) is 1.24. The van der Waals surface area contributed by atoms with E-state index in [1.54, 1.807) is 17.8 Å². The molecule has 2 rings (SSSR count). The standard InChI is InChI=1S/C9H10ClN5/c1-5-3-4-15(14-5)8-7(11)6(2)12-9(10)13-8/h3-4H,11H2,1-2H3. The molecule has 2 aromatic rings. The highest BCUT2D eigenvalue weighted by molar-refractivity contribution is 6.28. The van der Waals surface area contributed by atoms with Crippen molar-refractivity contribution in [1.82, 2.24) is 19.7 Å². The summed E-state index contributed by atoms with van der Waals surface area (Å²) in [5.74, 6) is 0.514. The Balaban J connectivity index is 2.62. The van der Waals surface area contributed by atoms with Crippen molar-refractivity contribution in [3.05, 3.63) is 28.9 Å². The smallest absolute Gasteiger partial charge is 0.224 e. The van der Waals surface area contributed by atoms with E-state index in [1.165, 1.54) is 0 Å². The molecule has 5 nitrogen and oxygen atoms in total. The number of aryl methyl sites for hydroxylation is 2. The van der Waals surface area contributed by atoms with Gasteiger partial charge in [0.25, 0.3) is 0 Å². The second-order valence-corrected chi connectivity index (χ2v) is 3.56. The molecule has 0 radical (unpaired) electrons. The van der Waals surface area contributed by atoms with Crippen molar-refractivity contribution in [1.29, 1.82) is 0 Å². The first-order chi connectivity index (χ1) is 7.08. The third kappa shape index (κ3) is 1.78. The number of anilines is 1. The zero-order chi connectivity index (χ0) is 11.0. The van der Waals surface area contributed by atoms with Gasteiger partial charge in [-0.1, -0.05) is 0 Å². The lowest BCUT2D eigenvalue weighted by molar-refractivity contribution is 0.826. The van der Waals surface area contributed by atoms with Crippen LogP contribution in [0, 0.1) is 13.8 Å². The Morgan fingerprint density at radius 1 is 1.33 bits per heavy atom. The summed E-state index contributed by atoms with van der Waals surface area (Å²) >= 11 is 5.76. The Morgan fingerprint density at radius 3 is 2.67 bits per heavy atom. The predicted molar refractivity (Wildman–Crippen MR) is 58.1 cm³/mol. The van der Waals surface area contributed by atoms with Gasteiger partial charge in [-0.25, -0.2) is 9.67 Å². The molecule has 0 saturated heterocycles. The van der Waals surface area contributed by atoms with E-state index in [0.717, 1.165) is 5.69 Å². The SMILES string of the molecule is Cc1ccn(-c2nc(Cl)nc(C)c2N)n1. The molecule has 0 aliphatic heterocycles. The number of nitrogens with two attached hydrogens (primary N) is 1. The van der Waals surface area contributed by atoms with Gasteiger partial charge in [0.1, 0.15) is 0 Å². The van der Waals surface area contributed by atoms with E-state index < -0.39 is 0 Å². The minimum Gasteiger partial charge on any atom is -0.394 e. The van der Waals surface area contributed by atoms with Gasteiger partial charge in [0.2, 0.25) is 5.28 Å². The molecule has 15 heavy (non-hydrogen) atoms. The lowest BCUT2D eigenvalue weighted by Gasteiger charge is -2.06. The zero-order valence-electron chi connectivity index (χ0n) is 8.40. The van der Waals surface area contributed by atoms with Crippen molar-refractivity contribution in [3.8, 4) is 5.82 Å². The van der Waals surface area contributed by atoms with Crippen LogP contribution in [0.15, 0.2) is 12.3 Å². The maximum Gasteiger partial charge on any atom is 0.224 e. The quantitative estimate of drug-likeness (QED) is 0.745. The number of nitrogens with zero attached hydrogens (tertiary/aromatic N) is 4. The number of rotatable bonds is 1. The number of hydrogen-bond acceptors (Lipinski definition) is 4. The second kappa shape index (κ2) is 3.51. The molecule has 0 bridgehead atoms. The van der Waals surface area contributed by atoms with Crippen molar-refractivity contribution in [3.63, 3.8) is 0 Å². The summed E-state index contributed by atoms with van der Waals surface area (Å²) in [6.45, 7) is 3.67. The Labute approximate surface area is 91.9 Å². The molecule has 0 saturated carbocycles. The molecular formula is C9H10ClN5. The monoisotopic (exact) mass is 223 g/mol. The molecule has 0 amide bonds. The number of hydrogen-bond donors (Lipinski definition) is 1. The van der Waals surface area contributed by atoms with Gasteiger partial charge in [-0.05, 0) is 31.5 Å². The molecule has 0 aliphatic carbocycles. The van der Waals surface area contributed by atoms with Crippen LogP contribution >= 0.6 is 11.6 Å². The summed E-state index contributed by atoms with van der Waals surface area (Å²) in [5.41, 5.74) is 7.88. The highest BCUT2D eigenvalue weighted by Crippen LogP contribution is 2.19. The Kier molecular flexibility index (Phi) is 2.32. The highest BCUT2D eigenvalue weighted by atomic mass is 35.5. The van der Waals surface area contributed by atoms with Gasteiger partial charge in [-0.2, -0.15) is 10.1 Å². The minimum absolute atomic E-state index is 0.171. The average Bonchev–Trinajstić information content (AvgIpc) is 2.58. The van der Waals surface area contributed by atoms with Crippen LogP contribution in [-0.2, 0) is 0 Å². The van der Waals surface area contributed by atoms with Gasteiger partial charge in [-0.15, -0.1) is 0 Å². The Morgan fingerprint density at radius 2 is 2.07 bits per heavy atom. The molecule has 0 aromatic carbocycles. The summed E-state index contributed by atoms with van der Waals surface area (Å²) < 4.78 is 1.59. The molecule has 0 spiro atoms. The molecule has 78 valence electrons. The van der Waals surface area contributed by atoms with Gasteiger partial charge in [0.15, 0.2) is 5.82 Å². The molecule has 2 heterocycles. The van der Waals surface area contributed by atoms with E-state index in [9.17, 15) is 0 Å². The summed E-state index contributed by atoms with van der Waals surface area (Å²) in [6.07, 6.45) is 1.78. The maximum absolute atomic E-state index is 5.85. The molecule has 2 N–H and O–H groups in total. The van der Waals surface area contributed by atoms with Gasteiger partial charge >= 0.3 is 0 Å². The Hall–Kier alpha value is -1.62. The van der Waals surface area contributed by atoms with Crippen molar-refractivity contribution in [2.24, 2.45) is 0 Å². The zero-order valence-corrected chi connectivity index (χ0v) is 9.15. The molecule has 2 aromatic heterocycles. The molecule has 0 aliphatic rings. The third-order valence-electron chi connectivity index (χ3n) is 2.03. The molecule has 0 atom stereocenters. The first kappa shape index (κ1) is 9.92. The fourth-order valence-corrected chi connectivity index (χ4v) is 1.45. The van der Waals surface area contributed by atoms with Crippen LogP contribution in [0.2, 0.25) is 5.28 Å². The normalized spacial score (nSPS) is 10.6. The summed E-state index contributed by atoms with van der Waals surface area (Å²) in [5, 5.41) is 4.38. The van der Waals surface area contributed by atoms with E-state index in [2.05, 4.69) is 15.1 Å². The van der Waals surface area contributed by atoms with Crippen LogP contribution < -0.4 is 5.73 Å². The van der Waals surface area contributed by atoms with E-state index >= 15 is 0 Å². The van der Waals surface area contributed by atoms with Crippen molar-refractivity contribution < 1.29 is 0 Å². The van der Waals surface area contributed by atoms with E-state index in [-0.39, 0.29) is 5.28 Å². The number of aromatic nitrogens is 4. The fraction of sp³-hybridized carbons (Fsp3) is 0.222. The lowest BCUT2D eigenvalue weighted by Crippen LogP contribution is -2.07. The molecular weight excluding hydrogens is 214 g/mol. The largest absolute Gasteiger partial charge is 0.394 e. The van der Waals surface area contributed by atoms with Gasteiger partial charge in [0.05, 0.1) is 17.1 Å². The van der Waals surface area contributed by atoms with E-state index in [1.807, 2.05) is 13.0 Å². The third-order valence-corrected chi connectivity index (χ3v) is 2.20. The lowest BCUT2D eigenvalue weighted by atomic mass is 10.3. The average molecular weight is 224 g/mol. The van der Waals surface area contributed by atoms with Crippen LogP contribution in [-0.4, -0.2) is 19.7 Å². The second-order valence-electron chi connectivity index (χ2n) is 3.22. The summed E-state index contributed by atoms with van der Waals surface area (Å²) in [4.78, 5) is 8.00. The summed E-state index contributed by atoms with van der Waals surface area (Å²) in [7, 11) is 0. The van der Waals surface area contributed by atoms with E-state index in [0.29, 0.717) is 17.2 Å². The van der Waals surface area contributed by atoms with Crippen LogP contribution in [0.3, 0.4) is 0 Å². The molecule has 0 fully saturated rings. The van der Waals surface area contributed by atoms with Crippen molar-refractivity contribution in [2.45, 2.75) is 13.8 Å². The van der Waals surface area contributed by atoms with Crippen molar-refractivity contribution >= 4 is 17.3 Å². The van der Waals surface area contributed by atoms with E-state index in [4.69, 9.17) is 17.3 Å². The topological polar surface area (TPSA) is 69.6 Å². The van der Waals surface area contributed by atoms with Gasteiger partial charge < -0.3 is 5.73 Å². The number of nitrogen functional groups attached to an aromatic ring is 1. The van der Waals surface area contributed by atoms with Gasteiger partial charge in [-0.3, -0.25) is 0 Å². The van der Waals surface area contributed by atoms with Crippen LogP contribution in [0.5, 0.6) is 0 Å². The molecule has 6 heteroatoms. The molecule has 0 unspecified atom stereocenters. The summed E-state index contributed by atoms with van der Waals surface area (Å²) in [6, 6.07) is 1.87. The number of halogens is 1. The first-order valence-electron chi connectivity index (χ1n) is 4.40. The minimum atomic E-state index is 0.171. The predicted octanol–water partition coefficient (Wildman–Crippen LogP) is 1.51. The van der Waals surface area contributed by atoms with Gasteiger partial charge in [0, 0.05) is 6.20 Å². The van der Waals surface area contributed by atoms with Crippen LogP contribution in [0.25, 0.3) is 5.82 Å². The Bertz CT molecular complexity index is 505. The maximum atomic E-state index is 5.85. The first-order valence-corrected chi connectivity index (χ1v) is 4.78. The highest BCUT2D eigenvalue weighted by Gasteiger charge is 2.10. The van der Waals surface area contributed by atoms with Crippen molar-refractivity contribution in [2.75, 3.05) is 5.73 Å².